The summed E-state index contributed by atoms with van der Waals surface area (Å²) >= 11 is 11.0. The maximum absolute atomic E-state index is 10.6. The van der Waals surface area contributed by atoms with Gasteiger partial charge >= 0.3 is 23.1 Å². The molecule has 3 nitrogen and oxygen atoms in total. The Hall–Kier alpha value is 0.476. The molecule has 0 aliphatic rings. The summed E-state index contributed by atoms with van der Waals surface area (Å²) in [7, 11) is -4.24. The molecule has 0 amide bonds. The first kappa shape index (κ1) is 13.5. The summed E-state index contributed by atoms with van der Waals surface area (Å²) in [5.41, 5.74) is 0. The molecule has 0 atom stereocenters. The van der Waals surface area contributed by atoms with Gasteiger partial charge in [-0.25, -0.2) is 0 Å². The van der Waals surface area contributed by atoms with Gasteiger partial charge in [-0.2, -0.15) is 8.42 Å². The molecule has 1 N–H and O–H groups in total. The summed E-state index contributed by atoms with van der Waals surface area (Å²) < 4.78 is 29.8. The molecule has 0 fully saturated rings. The molecule has 0 bridgehead atoms. The van der Waals surface area contributed by atoms with E-state index in [1.54, 1.807) is 0 Å². The maximum Gasteiger partial charge on any atom is 2.00 e. The van der Waals surface area contributed by atoms with E-state index >= 15 is 0 Å². The Kier molecular flexibility index (Phi) is 4.99. The van der Waals surface area contributed by atoms with Crippen molar-refractivity contribution in [2.45, 2.75) is 4.90 Å². The zero-order valence-corrected chi connectivity index (χ0v) is 10.1. The van der Waals surface area contributed by atoms with Crippen LogP contribution in [0.25, 0.3) is 0 Å². The van der Waals surface area contributed by atoms with Gasteiger partial charge in [-0.1, -0.05) is 23.2 Å². The molecular weight excluding hydrogens is 247 g/mol. The zero-order chi connectivity index (χ0) is 9.35. The molecule has 0 aromatic heterocycles. The summed E-state index contributed by atoms with van der Waals surface area (Å²) in [6.45, 7) is 0. The van der Waals surface area contributed by atoms with Crippen molar-refractivity contribution in [1.82, 2.24) is 0 Å². The minimum Gasteiger partial charge on any atom is -1.00 e. The number of benzene rings is 1. The van der Waals surface area contributed by atoms with Crippen LogP contribution in [-0.2, 0) is 10.1 Å². The maximum atomic E-state index is 10.6. The fourth-order valence-electron chi connectivity index (χ4n) is 0.684. The van der Waals surface area contributed by atoms with Crippen LogP contribution in [0.4, 0.5) is 0 Å². The van der Waals surface area contributed by atoms with E-state index in [1.165, 1.54) is 12.1 Å². The molecule has 0 saturated carbocycles. The molecule has 0 aliphatic heterocycles. The first-order valence-corrected chi connectivity index (χ1v) is 5.03. The first-order valence-electron chi connectivity index (χ1n) is 2.84. The third-order valence-electron chi connectivity index (χ3n) is 1.17. The van der Waals surface area contributed by atoms with Crippen molar-refractivity contribution in [3.63, 3.8) is 0 Å². The van der Waals surface area contributed by atoms with Gasteiger partial charge in [-0.15, -0.1) is 0 Å². The predicted octanol–water partition coefficient (Wildman–Crippen LogP) is 2.08. The van der Waals surface area contributed by atoms with Gasteiger partial charge in [0.2, 0.25) is 0 Å². The Morgan fingerprint density at radius 2 is 1.85 bits per heavy atom. The minimum absolute atomic E-state index is 0. The van der Waals surface area contributed by atoms with E-state index in [9.17, 15) is 8.42 Å². The van der Waals surface area contributed by atoms with Crippen LogP contribution in [0.5, 0.6) is 0 Å². The topological polar surface area (TPSA) is 54.4 Å². The Morgan fingerprint density at radius 3 is 2.23 bits per heavy atom. The molecule has 1 aromatic carbocycles. The largest absolute Gasteiger partial charge is 2.00 e. The summed E-state index contributed by atoms with van der Waals surface area (Å²) in [6, 6.07) is 3.71. The van der Waals surface area contributed by atoms with Crippen molar-refractivity contribution in [3.05, 3.63) is 28.2 Å². The number of hydrogen-bond acceptors (Lipinski definition) is 2. The van der Waals surface area contributed by atoms with E-state index in [0.717, 1.165) is 6.07 Å². The fraction of sp³-hybridized carbons (Fsp3) is 0. The van der Waals surface area contributed by atoms with Crippen molar-refractivity contribution in [2.75, 3.05) is 0 Å². The Labute approximate surface area is 105 Å². The molecule has 1 rings (SSSR count). The van der Waals surface area contributed by atoms with Gasteiger partial charge in [0.15, 0.2) is 0 Å². The van der Waals surface area contributed by atoms with Crippen LogP contribution < -0.4 is 0 Å². The van der Waals surface area contributed by atoms with Gasteiger partial charge in [0.1, 0.15) is 4.90 Å². The zero-order valence-electron chi connectivity index (χ0n) is 8.37. The Bertz CT molecular complexity index is 413. The fourth-order valence-corrected chi connectivity index (χ4v) is 1.93. The molecule has 70 valence electrons. The minimum atomic E-state index is -4.24. The molecule has 0 unspecified atom stereocenters. The van der Waals surface area contributed by atoms with Crippen LogP contribution in [0.3, 0.4) is 0 Å². The number of rotatable bonds is 1. The Balaban J connectivity index is -0.000000480. The SMILES string of the molecule is O=S(=O)(O)c1ccc(Cl)cc1Cl.[H-].[H-].[Mg+2]. The third kappa shape index (κ3) is 3.61. The van der Waals surface area contributed by atoms with E-state index in [0.29, 0.717) is 5.02 Å². The van der Waals surface area contributed by atoms with E-state index in [2.05, 4.69) is 0 Å². The van der Waals surface area contributed by atoms with E-state index < -0.39 is 10.1 Å². The van der Waals surface area contributed by atoms with E-state index in [4.69, 9.17) is 27.8 Å². The van der Waals surface area contributed by atoms with Gasteiger partial charge < -0.3 is 2.85 Å². The van der Waals surface area contributed by atoms with Crippen LogP contribution in [0, 0.1) is 0 Å². The predicted molar refractivity (Wildman–Crippen MR) is 54.3 cm³/mol. The molecule has 0 heterocycles. The van der Waals surface area contributed by atoms with Crippen molar-refractivity contribution in [2.24, 2.45) is 0 Å². The standard InChI is InChI=1S/C6H4Cl2O3S.Mg.2H/c7-4-1-2-6(5(8)3-4)12(9,10)11;;;/h1-3H,(H,9,10,11);;;/q;+2;2*-1. The molecular formula is C6H6Cl2MgO3S. The molecule has 13 heavy (non-hydrogen) atoms. The molecule has 0 spiro atoms. The second-order valence-corrected chi connectivity index (χ2v) is 4.28. The van der Waals surface area contributed by atoms with E-state index in [-0.39, 0.29) is 35.8 Å². The van der Waals surface area contributed by atoms with Crippen LogP contribution >= 0.6 is 23.2 Å². The second-order valence-electron chi connectivity index (χ2n) is 2.05. The first-order chi connectivity index (χ1) is 5.41. The van der Waals surface area contributed by atoms with Crippen molar-refractivity contribution in [3.8, 4) is 0 Å². The van der Waals surface area contributed by atoms with Crippen LogP contribution in [0.1, 0.15) is 2.85 Å². The summed E-state index contributed by atoms with van der Waals surface area (Å²) in [5.74, 6) is 0. The van der Waals surface area contributed by atoms with Crippen LogP contribution in [0.2, 0.25) is 10.0 Å². The number of halogens is 2. The van der Waals surface area contributed by atoms with Gasteiger partial charge in [0.05, 0.1) is 5.02 Å². The van der Waals surface area contributed by atoms with Crippen molar-refractivity contribution < 1.29 is 15.8 Å². The average molecular weight is 253 g/mol. The molecule has 0 saturated heterocycles. The summed E-state index contributed by atoms with van der Waals surface area (Å²) in [5, 5.41) is 0.220. The molecule has 0 radical (unpaired) electrons. The van der Waals surface area contributed by atoms with E-state index in [1.807, 2.05) is 0 Å². The molecule has 7 heteroatoms. The second kappa shape index (κ2) is 4.81. The van der Waals surface area contributed by atoms with Crippen molar-refractivity contribution >= 4 is 56.4 Å². The van der Waals surface area contributed by atoms with Gasteiger partial charge in [0.25, 0.3) is 10.1 Å². The molecule has 1 aromatic rings. The van der Waals surface area contributed by atoms with Crippen molar-refractivity contribution in [1.29, 1.82) is 0 Å². The van der Waals surface area contributed by atoms with Gasteiger partial charge in [-0.3, -0.25) is 4.55 Å². The number of hydrogen-bond donors (Lipinski definition) is 1. The quantitative estimate of drug-likeness (QED) is 0.616. The summed E-state index contributed by atoms with van der Waals surface area (Å²) in [4.78, 5) is -0.339. The van der Waals surface area contributed by atoms with Gasteiger partial charge in [-0.05, 0) is 18.2 Å². The summed E-state index contributed by atoms with van der Waals surface area (Å²) in [6.07, 6.45) is 0. The smallest absolute Gasteiger partial charge is 1.00 e. The van der Waals surface area contributed by atoms with Crippen LogP contribution in [-0.4, -0.2) is 36.0 Å². The molecule has 0 aliphatic carbocycles. The average Bonchev–Trinajstić information content (AvgIpc) is 1.83. The van der Waals surface area contributed by atoms with Crippen LogP contribution in [0.15, 0.2) is 23.1 Å². The van der Waals surface area contributed by atoms with Gasteiger partial charge in [0, 0.05) is 5.02 Å². The Morgan fingerprint density at radius 1 is 1.31 bits per heavy atom. The normalized spacial score (nSPS) is 10.7. The monoisotopic (exact) mass is 252 g/mol. The third-order valence-corrected chi connectivity index (χ3v) is 2.74.